The van der Waals surface area contributed by atoms with Crippen molar-refractivity contribution in [3.63, 3.8) is 0 Å². The van der Waals surface area contributed by atoms with Crippen molar-refractivity contribution in [1.82, 2.24) is 0 Å². The van der Waals surface area contributed by atoms with Crippen molar-refractivity contribution in [2.45, 2.75) is 11.8 Å². The fourth-order valence-electron chi connectivity index (χ4n) is 2.18. The highest BCUT2D eigenvalue weighted by Gasteiger charge is 2.67. The predicted molar refractivity (Wildman–Crippen MR) is 59.8 cm³/mol. The maximum absolute atomic E-state index is 13.4. The van der Waals surface area contributed by atoms with E-state index in [0.717, 1.165) is 0 Å². The molecule has 1 aliphatic rings. The lowest BCUT2D eigenvalue weighted by molar-refractivity contribution is 0.0947. The van der Waals surface area contributed by atoms with Gasteiger partial charge >= 0.3 is 0 Å². The Morgan fingerprint density at radius 1 is 1.24 bits per heavy atom. The Hall–Kier alpha value is -1.36. The summed E-state index contributed by atoms with van der Waals surface area (Å²) in [7, 11) is 2.99. The van der Waals surface area contributed by atoms with E-state index in [1.807, 2.05) is 0 Å². The first-order valence-corrected chi connectivity index (χ1v) is 5.36. The smallest absolute Gasteiger partial charge is 0.260 e. The highest BCUT2D eigenvalue weighted by Crippen LogP contribution is 2.61. The highest BCUT2D eigenvalue weighted by molar-refractivity contribution is 5.46. The third kappa shape index (κ3) is 1.84. The van der Waals surface area contributed by atoms with E-state index in [2.05, 4.69) is 0 Å². The second-order valence-electron chi connectivity index (χ2n) is 4.11. The van der Waals surface area contributed by atoms with Gasteiger partial charge in [0.2, 0.25) is 0 Å². The maximum Gasteiger partial charge on any atom is 0.260 e. The highest BCUT2D eigenvalue weighted by atomic mass is 19.3. The number of alkyl halides is 2. The average molecular weight is 243 g/mol. The SMILES string of the molecule is COc1ccc(C2C(CN)C2(F)F)cc1OC. The van der Waals surface area contributed by atoms with Crippen LogP contribution in [-0.2, 0) is 0 Å². The minimum atomic E-state index is -2.70. The van der Waals surface area contributed by atoms with Crippen LogP contribution in [0.15, 0.2) is 18.2 Å². The van der Waals surface area contributed by atoms with Gasteiger partial charge in [0.25, 0.3) is 5.92 Å². The van der Waals surface area contributed by atoms with Gasteiger partial charge in [0.05, 0.1) is 20.1 Å². The third-order valence-corrected chi connectivity index (χ3v) is 3.22. The molecule has 5 heteroatoms. The van der Waals surface area contributed by atoms with E-state index in [-0.39, 0.29) is 6.54 Å². The lowest BCUT2D eigenvalue weighted by Crippen LogP contribution is -2.06. The van der Waals surface area contributed by atoms with Gasteiger partial charge in [-0.1, -0.05) is 6.07 Å². The molecule has 17 heavy (non-hydrogen) atoms. The molecule has 0 saturated heterocycles. The van der Waals surface area contributed by atoms with Crippen molar-refractivity contribution < 1.29 is 18.3 Å². The Kier molecular flexibility index (Phi) is 2.95. The van der Waals surface area contributed by atoms with Crippen molar-refractivity contribution in [3.05, 3.63) is 23.8 Å². The Labute approximate surface area is 98.5 Å². The lowest BCUT2D eigenvalue weighted by atomic mass is 10.1. The first-order valence-electron chi connectivity index (χ1n) is 5.36. The van der Waals surface area contributed by atoms with Gasteiger partial charge in [0, 0.05) is 12.5 Å². The van der Waals surface area contributed by atoms with Gasteiger partial charge in [-0.15, -0.1) is 0 Å². The zero-order valence-electron chi connectivity index (χ0n) is 9.74. The van der Waals surface area contributed by atoms with Crippen LogP contribution in [-0.4, -0.2) is 26.7 Å². The molecule has 3 nitrogen and oxygen atoms in total. The monoisotopic (exact) mass is 243 g/mol. The largest absolute Gasteiger partial charge is 0.493 e. The Balaban J connectivity index is 2.30. The Bertz CT molecular complexity index is 423. The van der Waals surface area contributed by atoms with Gasteiger partial charge in [-0.05, 0) is 17.7 Å². The molecule has 2 rings (SSSR count). The van der Waals surface area contributed by atoms with Crippen molar-refractivity contribution in [3.8, 4) is 11.5 Å². The predicted octanol–water partition coefficient (Wildman–Crippen LogP) is 2.01. The number of hydrogen-bond donors (Lipinski definition) is 1. The zero-order chi connectivity index (χ0) is 12.6. The summed E-state index contributed by atoms with van der Waals surface area (Å²) in [5.41, 5.74) is 5.87. The third-order valence-electron chi connectivity index (χ3n) is 3.22. The summed E-state index contributed by atoms with van der Waals surface area (Å²) in [4.78, 5) is 0. The molecule has 0 spiro atoms. The molecule has 2 unspecified atom stereocenters. The molecule has 0 radical (unpaired) electrons. The molecule has 1 aromatic rings. The number of hydrogen-bond acceptors (Lipinski definition) is 3. The average Bonchev–Trinajstić information content (AvgIpc) is 2.90. The maximum atomic E-state index is 13.4. The second kappa shape index (κ2) is 4.14. The van der Waals surface area contributed by atoms with Crippen LogP contribution < -0.4 is 15.2 Å². The quantitative estimate of drug-likeness (QED) is 0.879. The van der Waals surface area contributed by atoms with E-state index >= 15 is 0 Å². The van der Waals surface area contributed by atoms with Gasteiger partial charge < -0.3 is 15.2 Å². The molecular formula is C12H15F2NO2. The Morgan fingerprint density at radius 3 is 2.35 bits per heavy atom. The first-order chi connectivity index (χ1) is 8.06. The molecule has 0 aromatic heterocycles. The molecule has 94 valence electrons. The fraction of sp³-hybridized carbons (Fsp3) is 0.500. The van der Waals surface area contributed by atoms with E-state index in [0.29, 0.717) is 17.1 Å². The van der Waals surface area contributed by atoms with Gasteiger partial charge in [-0.3, -0.25) is 0 Å². The second-order valence-corrected chi connectivity index (χ2v) is 4.11. The number of benzene rings is 1. The summed E-state index contributed by atoms with van der Waals surface area (Å²) in [5, 5.41) is 0. The number of methoxy groups -OCH3 is 2. The molecule has 0 amide bonds. The summed E-state index contributed by atoms with van der Waals surface area (Å²) in [5.74, 6) is -3.27. The molecular weight excluding hydrogens is 228 g/mol. The minimum absolute atomic E-state index is 0.00793. The zero-order valence-corrected chi connectivity index (χ0v) is 9.74. The van der Waals surface area contributed by atoms with E-state index in [1.54, 1.807) is 18.2 Å². The molecule has 1 aromatic carbocycles. The van der Waals surface area contributed by atoms with Crippen molar-refractivity contribution in [1.29, 1.82) is 0 Å². The van der Waals surface area contributed by atoms with Crippen LogP contribution >= 0.6 is 0 Å². The number of ether oxygens (including phenoxy) is 2. The van der Waals surface area contributed by atoms with Crippen LogP contribution in [0.2, 0.25) is 0 Å². The van der Waals surface area contributed by atoms with Crippen molar-refractivity contribution in [2.75, 3.05) is 20.8 Å². The molecule has 1 aliphatic carbocycles. The number of halogens is 2. The lowest BCUT2D eigenvalue weighted by Gasteiger charge is -2.09. The molecule has 2 N–H and O–H groups in total. The van der Waals surface area contributed by atoms with Crippen LogP contribution in [0.1, 0.15) is 11.5 Å². The summed E-state index contributed by atoms with van der Waals surface area (Å²) in [6.45, 7) is -0.00793. The standard InChI is InChI=1S/C12H15F2NO2/c1-16-9-4-3-7(5-10(9)17-2)11-8(6-15)12(11,13)14/h3-5,8,11H,6,15H2,1-2H3. The van der Waals surface area contributed by atoms with Crippen LogP contribution in [0.3, 0.4) is 0 Å². The summed E-state index contributed by atoms with van der Waals surface area (Å²) < 4.78 is 37.0. The summed E-state index contributed by atoms with van der Waals surface area (Å²) >= 11 is 0. The molecule has 0 aliphatic heterocycles. The molecule has 0 bridgehead atoms. The van der Waals surface area contributed by atoms with E-state index < -0.39 is 17.8 Å². The fourth-order valence-corrected chi connectivity index (χ4v) is 2.18. The van der Waals surface area contributed by atoms with Crippen LogP contribution in [0.25, 0.3) is 0 Å². The van der Waals surface area contributed by atoms with Crippen LogP contribution in [0.4, 0.5) is 8.78 Å². The van der Waals surface area contributed by atoms with Crippen molar-refractivity contribution >= 4 is 0 Å². The summed E-state index contributed by atoms with van der Waals surface area (Å²) in [6.07, 6.45) is 0. The van der Waals surface area contributed by atoms with Crippen LogP contribution in [0, 0.1) is 5.92 Å². The molecule has 2 atom stereocenters. The topological polar surface area (TPSA) is 44.5 Å². The van der Waals surface area contributed by atoms with Crippen LogP contribution in [0.5, 0.6) is 11.5 Å². The normalized spacial score (nSPS) is 25.5. The minimum Gasteiger partial charge on any atom is -0.493 e. The van der Waals surface area contributed by atoms with E-state index in [9.17, 15) is 8.78 Å². The molecule has 1 saturated carbocycles. The van der Waals surface area contributed by atoms with Gasteiger partial charge in [0.15, 0.2) is 11.5 Å². The molecule has 1 fully saturated rings. The van der Waals surface area contributed by atoms with Gasteiger partial charge in [-0.2, -0.15) is 0 Å². The van der Waals surface area contributed by atoms with Crippen molar-refractivity contribution in [2.24, 2.45) is 11.7 Å². The van der Waals surface area contributed by atoms with Gasteiger partial charge in [0.1, 0.15) is 0 Å². The van der Waals surface area contributed by atoms with E-state index in [1.165, 1.54) is 14.2 Å². The number of rotatable bonds is 4. The molecule has 0 heterocycles. The van der Waals surface area contributed by atoms with E-state index in [4.69, 9.17) is 15.2 Å². The number of nitrogens with two attached hydrogens (primary N) is 1. The van der Waals surface area contributed by atoms with Gasteiger partial charge in [-0.25, -0.2) is 8.78 Å². The summed E-state index contributed by atoms with van der Waals surface area (Å²) in [6, 6.07) is 4.86. The Morgan fingerprint density at radius 2 is 1.88 bits per heavy atom. The first kappa shape index (κ1) is 12.1.